The Morgan fingerprint density at radius 1 is 1.23 bits per heavy atom. The minimum absolute atomic E-state index is 0.164. The molecule has 0 aliphatic heterocycles. The third-order valence-corrected chi connectivity index (χ3v) is 2.64. The van der Waals surface area contributed by atoms with Crippen molar-refractivity contribution in [1.29, 1.82) is 0 Å². The molecule has 1 nitrogen and oxygen atoms in total. The van der Waals surface area contributed by atoms with Crippen molar-refractivity contribution in [2.45, 2.75) is 19.2 Å². The van der Waals surface area contributed by atoms with Crippen LogP contribution in [0.15, 0.2) is 30.3 Å². The van der Waals surface area contributed by atoms with Gasteiger partial charge in [-0.25, -0.2) is 0 Å². The quantitative estimate of drug-likeness (QED) is 0.742. The number of hydrogen-bond donors (Lipinski definition) is 1. The van der Waals surface area contributed by atoms with Gasteiger partial charge < -0.3 is 5.32 Å². The van der Waals surface area contributed by atoms with Gasteiger partial charge in [0.1, 0.15) is 5.37 Å². The van der Waals surface area contributed by atoms with E-state index in [4.69, 9.17) is 0 Å². The molecule has 1 atom stereocenters. The highest BCUT2D eigenvalue weighted by molar-refractivity contribution is 7.95. The lowest BCUT2D eigenvalue weighted by atomic mass is 10.2. The molecule has 1 N–H and O–H groups in total. The molecule has 0 saturated carbocycles. The molecular formula is C10H14FNS. The lowest BCUT2D eigenvalue weighted by Crippen LogP contribution is -2.20. The monoisotopic (exact) mass is 199 g/mol. The lowest BCUT2D eigenvalue weighted by Gasteiger charge is -2.18. The molecule has 13 heavy (non-hydrogen) atoms. The Hall–Kier alpha value is -0.700. The van der Waals surface area contributed by atoms with E-state index >= 15 is 0 Å². The van der Waals surface area contributed by atoms with E-state index in [0.29, 0.717) is 12.1 Å². The van der Waals surface area contributed by atoms with Gasteiger partial charge in [0.25, 0.3) is 0 Å². The Kier molecular flexibility index (Phi) is 4.09. The van der Waals surface area contributed by atoms with Crippen LogP contribution in [0.1, 0.15) is 13.8 Å². The van der Waals surface area contributed by atoms with Gasteiger partial charge in [-0.1, -0.05) is 32.0 Å². The fraction of sp³-hybridized carbons (Fsp3) is 0.400. The second-order valence-electron chi connectivity index (χ2n) is 3.26. The van der Waals surface area contributed by atoms with Crippen LogP contribution in [-0.2, 0) is 0 Å². The summed E-state index contributed by atoms with van der Waals surface area (Å²) in [7, 11) is 0. The first-order valence-corrected chi connectivity index (χ1v) is 5.11. The molecule has 3 heteroatoms. The summed E-state index contributed by atoms with van der Waals surface area (Å²) in [6, 6.07) is 9.68. The molecule has 0 amide bonds. The van der Waals surface area contributed by atoms with Gasteiger partial charge in [-0.3, -0.25) is 0 Å². The van der Waals surface area contributed by atoms with Crippen molar-refractivity contribution in [1.82, 2.24) is 0 Å². The first kappa shape index (κ1) is 10.4. The molecule has 1 unspecified atom stereocenters. The maximum atomic E-state index is 12.4. The Morgan fingerprint density at radius 3 is 2.31 bits per heavy atom. The second kappa shape index (κ2) is 5.12. The highest BCUT2D eigenvalue weighted by Crippen LogP contribution is 2.22. The first-order chi connectivity index (χ1) is 6.24. The zero-order chi connectivity index (χ0) is 9.68. The Labute approximate surface area is 83.0 Å². The van der Waals surface area contributed by atoms with Crippen molar-refractivity contribution in [2.75, 3.05) is 5.32 Å². The smallest absolute Gasteiger partial charge is 0.106 e. The number of hydrogen-bond acceptors (Lipinski definition) is 2. The van der Waals surface area contributed by atoms with Gasteiger partial charge in [-0.2, -0.15) is 3.89 Å². The zero-order valence-corrected chi connectivity index (χ0v) is 8.64. The zero-order valence-electron chi connectivity index (χ0n) is 7.83. The Balaban J connectivity index is 2.57. The molecule has 0 fully saturated rings. The molecule has 1 aromatic carbocycles. The molecule has 0 radical (unpaired) electrons. The topological polar surface area (TPSA) is 12.0 Å². The Bertz CT molecular complexity index is 238. The molecular weight excluding hydrogens is 185 g/mol. The number of benzene rings is 1. The minimum atomic E-state index is -0.164. The Morgan fingerprint density at radius 2 is 1.85 bits per heavy atom. The summed E-state index contributed by atoms with van der Waals surface area (Å²) in [6.07, 6.45) is 0. The van der Waals surface area contributed by atoms with E-state index in [2.05, 4.69) is 5.32 Å². The van der Waals surface area contributed by atoms with E-state index in [-0.39, 0.29) is 11.3 Å². The van der Waals surface area contributed by atoms with Crippen LogP contribution in [0.5, 0.6) is 0 Å². The van der Waals surface area contributed by atoms with Gasteiger partial charge in [0.2, 0.25) is 0 Å². The second-order valence-corrected chi connectivity index (χ2v) is 3.95. The van der Waals surface area contributed by atoms with Crippen molar-refractivity contribution in [3.8, 4) is 0 Å². The van der Waals surface area contributed by atoms with Crippen LogP contribution in [0.2, 0.25) is 0 Å². The fourth-order valence-corrected chi connectivity index (χ4v) is 1.38. The molecule has 0 saturated heterocycles. The van der Waals surface area contributed by atoms with Crippen molar-refractivity contribution in [2.24, 2.45) is 5.92 Å². The summed E-state index contributed by atoms with van der Waals surface area (Å²) < 4.78 is 12.4. The van der Waals surface area contributed by atoms with Crippen molar-refractivity contribution in [3.63, 3.8) is 0 Å². The van der Waals surface area contributed by atoms with E-state index in [1.165, 1.54) is 0 Å². The summed E-state index contributed by atoms with van der Waals surface area (Å²) in [5.41, 5.74) is 0.964. The standard InChI is InChI=1S/C10H14FNS/c1-8(2)10(13-11)12-9-6-4-3-5-7-9/h3-8,10,12H,1-2H3. The predicted octanol–water partition coefficient (Wildman–Crippen LogP) is 3.70. The average molecular weight is 199 g/mol. The van der Waals surface area contributed by atoms with Gasteiger partial charge in [0.05, 0.1) is 12.1 Å². The van der Waals surface area contributed by atoms with Crippen molar-refractivity contribution >= 4 is 17.8 Å². The van der Waals surface area contributed by atoms with E-state index in [1.54, 1.807) is 0 Å². The van der Waals surface area contributed by atoms with Crippen molar-refractivity contribution < 1.29 is 3.89 Å². The van der Waals surface area contributed by atoms with E-state index < -0.39 is 0 Å². The van der Waals surface area contributed by atoms with Crippen LogP contribution < -0.4 is 5.32 Å². The molecule has 0 bridgehead atoms. The van der Waals surface area contributed by atoms with Crippen molar-refractivity contribution in [3.05, 3.63) is 30.3 Å². The molecule has 1 aromatic rings. The maximum absolute atomic E-state index is 12.4. The van der Waals surface area contributed by atoms with Gasteiger partial charge in [-0.05, 0) is 18.1 Å². The third kappa shape index (κ3) is 3.27. The van der Waals surface area contributed by atoms with Crippen LogP contribution in [0.25, 0.3) is 0 Å². The average Bonchev–Trinajstić information content (AvgIpc) is 2.15. The summed E-state index contributed by atoms with van der Waals surface area (Å²) in [5, 5.41) is 2.95. The van der Waals surface area contributed by atoms with Crippen LogP contribution in [0.4, 0.5) is 9.57 Å². The number of para-hydroxylation sites is 1. The maximum Gasteiger partial charge on any atom is 0.106 e. The molecule has 1 rings (SSSR count). The number of halogens is 1. The summed E-state index contributed by atoms with van der Waals surface area (Å²) >= 11 is 0.362. The van der Waals surface area contributed by atoms with Crippen LogP contribution in [0.3, 0.4) is 0 Å². The first-order valence-electron chi connectivity index (χ1n) is 4.33. The molecule has 0 spiro atoms. The van der Waals surface area contributed by atoms with E-state index in [1.807, 2.05) is 44.2 Å². The van der Waals surface area contributed by atoms with Crippen LogP contribution in [-0.4, -0.2) is 5.37 Å². The highest BCUT2D eigenvalue weighted by Gasteiger charge is 2.13. The normalized spacial score (nSPS) is 12.9. The minimum Gasteiger partial charge on any atom is -0.371 e. The van der Waals surface area contributed by atoms with E-state index in [0.717, 1.165) is 5.69 Å². The van der Waals surface area contributed by atoms with Gasteiger partial charge in [-0.15, -0.1) is 0 Å². The van der Waals surface area contributed by atoms with Crippen LogP contribution in [0, 0.1) is 5.92 Å². The van der Waals surface area contributed by atoms with Gasteiger partial charge in [0.15, 0.2) is 0 Å². The molecule has 0 aliphatic carbocycles. The molecule has 72 valence electrons. The SMILES string of the molecule is CC(C)C(Nc1ccccc1)SF. The van der Waals surface area contributed by atoms with E-state index in [9.17, 15) is 3.89 Å². The van der Waals surface area contributed by atoms with Gasteiger partial charge in [0, 0.05) is 5.69 Å². The fourth-order valence-electron chi connectivity index (χ4n) is 0.990. The number of nitrogens with one attached hydrogen (secondary N) is 1. The third-order valence-electron chi connectivity index (χ3n) is 1.78. The molecule has 0 heterocycles. The number of anilines is 1. The summed E-state index contributed by atoms with van der Waals surface area (Å²) in [6.45, 7) is 3.99. The largest absolute Gasteiger partial charge is 0.371 e. The summed E-state index contributed by atoms with van der Waals surface area (Å²) in [4.78, 5) is 0. The summed E-state index contributed by atoms with van der Waals surface area (Å²) in [5.74, 6) is 0.273. The molecule has 0 aromatic heterocycles. The highest BCUT2D eigenvalue weighted by atomic mass is 32.2. The molecule has 0 aliphatic rings. The lowest BCUT2D eigenvalue weighted by molar-refractivity contribution is 0.640. The predicted molar refractivity (Wildman–Crippen MR) is 57.4 cm³/mol. The van der Waals surface area contributed by atoms with Gasteiger partial charge >= 0.3 is 0 Å². The van der Waals surface area contributed by atoms with Crippen LogP contribution >= 0.6 is 12.1 Å². The number of rotatable bonds is 4.